The molecule has 0 aliphatic carbocycles. The summed E-state index contributed by atoms with van der Waals surface area (Å²) in [6, 6.07) is -14.5. The van der Waals surface area contributed by atoms with Gasteiger partial charge in [-0.05, 0) is 110 Å². The van der Waals surface area contributed by atoms with Crippen molar-refractivity contribution in [1.82, 2.24) is 58.5 Å². The molecule has 1 aliphatic heterocycles. The number of hydrogen-bond acceptors (Lipinski definition) is 18. The fourth-order valence-corrected chi connectivity index (χ4v) is 8.46. The van der Waals surface area contributed by atoms with Gasteiger partial charge in [0.25, 0.3) is 0 Å². The molecule has 80 heavy (non-hydrogen) atoms. The van der Waals surface area contributed by atoms with E-state index in [1.165, 1.54) is 13.8 Å². The summed E-state index contributed by atoms with van der Waals surface area (Å²) in [5.74, 6) is -10.3. The second kappa shape index (κ2) is 38.5. The van der Waals surface area contributed by atoms with Crippen molar-refractivity contribution in [1.29, 1.82) is 0 Å². The van der Waals surface area contributed by atoms with Crippen molar-refractivity contribution < 1.29 is 63.0 Å². The molecule has 1 fully saturated rings. The van der Waals surface area contributed by atoms with Crippen LogP contribution in [0.15, 0.2) is 0 Å². The molecule has 0 radical (unpaired) electrons. The van der Waals surface area contributed by atoms with Crippen molar-refractivity contribution in [2.75, 3.05) is 39.3 Å². The second-order valence-electron chi connectivity index (χ2n) is 20.7. The summed E-state index contributed by atoms with van der Waals surface area (Å²) < 4.78 is 0. The number of hydrogen-bond donors (Lipinski definition) is 18. The van der Waals surface area contributed by atoms with Gasteiger partial charge < -0.3 is 97.4 Å². The number of carbonyl (C=O) groups excluding carboxylic acids is 11. The third-order valence-corrected chi connectivity index (χ3v) is 13.3. The van der Waals surface area contributed by atoms with Gasteiger partial charge >= 0.3 is 0 Å². The van der Waals surface area contributed by atoms with Crippen molar-refractivity contribution in [3.8, 4) is 0 Å². The molecule has 0 spiro atoms. The summed E-state index contributed by atoms with van der Waals surface area (Å²) in [5.41, 5.74) is 29.2. The number of nitrogens with one attached hydrogen (secondary N) is 11. The molecule has 23 N–H and O–H groups in total. The van der Waals surface area contributed by atoms with Crippen LogP contribution >= 0.6 is 0 Å². The third kappa shape index (κ3) is 25.6. The van der Waals surface area contributed by atoms with Crippen molar-refractivity contribution in [2.45, 2.75) is 205 Å². The van der Waals surface area contributed by atoms with Gasteiger partial charge in [-0.25, -0.2) is 0 Å². The van der Waals surface area contributed by atoms with Gasteiger partial charge in [-0.3, -0.25) is 52.7 Å². The fraction of sp³-hybridized carbons (Fsp3) is 0.784. The zero-order valence-corrected chi connectivity index (χ0v) is 47.8. The maximum Gasteiger partial charge on any atom is 0.245 e. The van der Waals surface area contributed by atoms with E-state index in [2.05, 4.69) is 58.5 Å². The van der Waals surface area contributed by atoms with Crippen LogP contribution in [0.25, 0.3) is 0 Å². The quantitative estimate of drug-likeness (QED) is 0.0324. The standard InChI is InChI=1S/C51H96N16O13/c1-8-10-11-12-13-38(70)58-31(14-20-52)46(75)67-41(30(7)69)51(80)63-34(17-23-55)43(72)61-36-19-25-57-49(78)40(29(6)68)66-47(76)35(18-24-56)60-42(71)33(16-22-54)62-50(79)39(28(5)9-2)65-48(77)37(26-27(3)4)64-44(73)32(15-21-53)59-45(36)74/h27-37,39-41,68-69H,8-26,52-56H2,1-7H3,(H,57,78)(H,58,70)(H,59,74)(H,60,71)(H,61,72)(H,62,79)(H,63,80)(H,64,73)(H,65,77)(H,66,76)(H,67,75)/t28-,29+,30+,31-,32-,33-,34-,35-,36-,37+,39-,40-,41-/m0/s1. The lowest BCUT2D eigenvalue weighted by Crippen LogP contribution is -2.62. The number of rotatable bonds is 28. The Labute approximate surface area is 469 Å². The van der Waals surface area contributed by atoms with Crippen LogP contribution in [0.5, 0.6) is 0 Å². The van der Waals surface area contributed by atoms with Crippen molar-refractivity contribution in [3.05, 3.63) is 0 Å². The molecule has 0 bridgehead atoms. The Hall–Kier alpha value is -6.11. The summed E-state index contributed by atoms with van der Waals surface area (Å²) >= 11 is 0. The zero-order valence-electron chi connectivity index (χ0n) is 47.8. The maximum atomic E-state index is 14.4. The number of amides is 11. The van der Waals surface area contributed by atoms with Crippen LogP contribution in [0.2, 0.25) is 0 Å². The summed E-state index contributed by atoms with van der Waals surface area (Å²) in [6.45, 7) is 10.3. The Morgan fingerprint density at radius 3 is 1.52 bits per heavy atom. The number of aliphatic hydroxyl groups excluding tert-OH is 2. The number of nitrogens with two attached hydrogens (primary N) is 5. The van der Waals surface area contributed by atoms with Crippen LogP contribution < -0.4 is 87.2 Å². The second-order valence-corrected chi connectivity index (χ2v) is 20.7. The highest BCUT2D eigenvalue weighted by atomic mass is 16.3. The Kier molecular flexibility index (Phi) is 34.6. The normalized spacial score (nSPS) is 23.6. The van der Waals surface area contributed by atoms with Crippen LogP contribution in [0.4, 0.5) is 0 Å². The summed E-state index contributed by atoms with van der Waals surface area (Å²) in [6.07, 6.45) is -0.515. The molecule has 1 aliphatic rings. The molecule has 11 amide bonds. The van der Waals surface area contributed by atoms with Crippen molar-refractivity contribution in [3.63, 3.8) is 0 Å². The van der Waals surface area contributed by atoms with Crippen LogP contribution in [0.3, 0.4) is 0 Å². The summed E-state index contributed by atoms with van der Waals surface area (Å²) in [7, 11) is 0. The van der Waals surface area contributed by atoms with Gasteiger partial charge in [0, 0.05) is 13.0 Å². The van der Waals surface area contributed by atoms with Gasteiger partial charge in [-0.15, -0.1) is 0 Å². The average Bonchev–Trinajstić information content (AvgIpc) is 3.39. The first kappa shape index (κ1) is 71.9. The molecule has 1 rings (SSSR count). The molecular formula is C51H96N16O13. The van der Waals surface area contributed by atoms with E-state index in [-0.39, 0.29) is 83.6 Å². The molecule has 1 saturated heterocycles. The Bertz CT molecular complexity index is 2020. The highest BCUT2D eigenvalue weighted by Crippen LogP contribution is 2.13. The summed E-state index contributed by atoms with van der Waals surface area (Å²) in [4.78, 5) is 152. The molecule has 0 aromatic carbocycles. The molecule has 0 unspecified atom stereocenters. The first-order chi connectivity index (χ1) is 37.8. The van der Waals surface area contributed by atoms with E-state index in [0.29, 0.717) is 12.8 Å². The molecule has 13 atom stereocenters. The van der Waals surface area contributed by atoms with Crippen molar-refractivity contribution >= 4 is 65.0 Å². The lowest BCUT2D eigenvalue weighted by molar-refractivity contribution is -0.137. The van der Waals surface area contributed by atoms with Crippen molar-refractivity contribution in [2.24, 2.45) is 40.5 Å². The van der Waals surface area contributed by atoms with Crippen LogP contribution in [-0.4, -0.2) is 187 Å². The van der Waals surface area contributed by atoms with E-state index in [1.54, 1.807) is 27.7 Å². The molecule has 0 aromatic heterocycles. The van der Waals surface area contributed by atoms with Gasteiger partial charge in [0.2, 0.25) is 65.0 Å². The van der Waals surface area contributed by atoms with Gasteiger partial charge in [-0.2, -0.15) is 0 Å². The first-order valence-electron chi connectivity index (χ1n) is 28.0. The number of unbranched alkanes of at least 4 members (excludes halogenated alkanes) is 3. The Balaban J connectivity index is 3.85. The van der Waals surface area contributed by atoms with Gasteiger partial charge in [-0.1, -0.05) is 60.3 Å². The number of aliphatic hydroxyl groups is 2. The van der Waals surface area contributed by atoms with E-state index in [9.17, 15) is 63.0 Å². The third-order valence-electron chi connectivity index (χ3n) is 13.3. The molecule has 29 nitrogen and oxygen atoms in total. The van der Waals surface area contributed by atoms with Crippen LogP contribution in [0, 0.1) is 11.8 Å². The van der Waals surface area contributed by atoms with E-state index in [4.69, 9.17) is 28.7 Å². The highest BCUT2D eigenvalue weighted by molar-refractivity contribution is 5.99. The average molecular weight is 1140 g/mol. The molecule has 458 valence electrons. The van der Waals surface area contributed by atoms with Crippen LogP contribution in [0.1, 0.15) is 132 Å². The van der Waals surface area contributed by atoms with Gasteiger partial charge in [0.05, 0.1) is 12.2 Å². The molecular weight excluding hydrogens is 1040 g/mol. The summed E-state index contributed by atoms with van der Waals surface area (Å²) in [5, 5.41) is 49.4. The SMILES string of the molecule is CCCCCCC(=O)N[C@@H](CCN)C(=O)N[C@H](C(=O)N[C@@H](CCN)C(=O)N[C@H]1CCNC(=O)[C@H]([C@@H](C)O)NC(=O)[C@H](CCN)NC(=O)[C@H](CCN)NC(=O)[C@H]([C@@H](C)CC)NC(=O)[C@@H](CC(C)C)NC(=O)[C@H](CCN)NC1=O)[C@@H](C)O. The maximum absolute atomic E-state index is 14.4. The zero-order chi connectivity index (χ0) is 60.6. The largest absolute Gasteiger partial charge is 0.391 e. The fourth-order valence-electron chi connectivity index (χ4n) is 8.46. The predicted molar refractivity (Wildman–Crippen MR) is 296 cm³/mol. The molecule has 0 saturated carbocycles. The smallest absolute Gasteiger partial charge is 0.245 e. The minimum atomic E-state index is -1.69. The van der Waals surface area contributed by atoms with Gasteiger partial charge in [0.15, 0.2) is 0 Å². The molecule has 0 aromatic rings. The highest BCUT2D eigenvalue weighted by Gasteiger charge is 2.38. The lowest BCUT2D eigenvalue weighted by Gasteiger charge is -2.30. The predicted octanol–water partition coefficient (Wildman–Crippen LogP) is -6.08. The Morgan fingerprint density at radius 2 is 1.04 bits per heavy atom. The van der Waals surface area contributed by atoms with E-state index >= 15 is 0 Å². The van der Waals surface area contributed by atoms with E-state index in [0.717, 1.165) is 19.3 Å². The number of carbonyl (C=O) groups is 11. The molecule has 29 heteroatoms. The van der Waals surface area contributed by atoms with Crippen LogP contribution in [-0.2, 0) is 52.7 Å². The topological polar surface area (TPSA) is 491 Å². The molecule has 1 heterocycles. The monoisotopic (exact) mass is 1140 g/mol. The minimum Gasteiger partial charge on any atom is -0.391 e. The lowest BCUT2D eigenvalue weighted by atomic mass is 9.96. The Morgan fingerprint density at radius 1 is 0.550 bits per heavy atom. The van der Waals surface area contributed by atoms with Gasteiger partial charge in [0.1, 0.15) is 60.4 Å². The van der Waals surface area contributed by atoms with E-state index < -0.39 is 156 Å². The van der Waals surface area contributed by atoms with E-state index in [1.807, 2.05) is 6.92 Å². The minimum absolute atomic E-state index is 0.0110. The first-order valence-corrected chi connectivity index (χ1v) is 28.0.